The molecular weight excluding hydrogens is 480 g/mol. The predicted molar refractivity (Wildman–Crippen MR) is 178 cm³/mol. The Morgan fingerprint density at radius 3 is 1.15 bits per heavy atom. The van der Waals surface area contributed by atoms with E-state index in [0.717, 1.165) is 23.3 Å². The molecule has 0 heterocycles. The Morgan fingerprint density at radius 2 is 0.750 bits per heavy atom. The van der Waals surface area contributed by atoms with E-state index in [4.69, 9.17) is 0 Å². The maximum absolute atomic E-state index is 4.60. The van der Waals surface area contributed by atoms with Crippen molar-refractivity contribution < 1.29 is 0 Å². The minimum atomic E-state index is 0.988. The summed E-state index contributed by atoms with van der Waals surface area (Å²) >= 11 is 0. The third-order valence-corrected chi connectivity index (χ3v) is 9.77. The molecule has 9 aromatic rings. The normalized spacial score (nSPS) is 12.7. The molecule has 9 aromatic carbocycles. The molecule has 0 aliphatic heterocycles. The van der Waals surface area contributed by atoms with E-state index in [1.54, 1.807) is 0 Å². The zero-order chi connectivity index (χ0) is 26.9. The van der Waals surface area contributed by atoms with E-state index in [0.29, 0.717) is 0 Å². The van der Waals surface area contributed by atoms with Crippen molar-refractivity contribution in [1.82, 2.24) is 0 Å². The average molecular weight is 509 g/mol. The minimum absolute atomic E-state index is 0.988. The standard InChI is InChI=1S/C40H28/c1-5-23-19-33-29-13-9-7-11-25(29)21(3)27-15-17-31-32-18-16-28-22(4)26-12-8-10-14-30(26)34-20-24(6-2)36(40(32)38(28)34)35(23)39(31)37(27)33/h7-20H,3-6H2,1-2H3. The molecule has 40 heavy (non-hydrogen) atoms. The van der Waals surface area contributed by atoms with E-state index in [2.05, 4.69) is 112 Å². The third kappa shape index (κ3) is 2.44. The fourth-order valence-corrected chi connectivity index (χ4v) is 8.00. The maximum Gasteiger partial charge on any atom is -0.00110 e. The molecule has 0 radical (unpaired) electrons. The Kier molecular flexibility index (Phi) is 4.15. The smallest absolute Gasteiger partial charge is 0.00110 e. The lowest BCUT2D eigenvalue weighted by Gasteiger charge is -2.23. The molecule has 188 valence electrons. The molecule has 0 bridgehead atoms. The highest BCUT2D eigenvalue weighted by Gasteiger charge is 2.23. The van der Waals surface area contributed by atoms with Crippen molar-refractivity contribution in [3.05, 3.63) is 106 Å². The number of hydrogen-bond acceptors (Lipinski definition) is 0. The summed E-state index contributed by atoms with van der Waals surface area (Å²) in [5, 5.41) is 23.7. The molecule has 0 heteroatoms. The van der Waals surface area contributed by atoms with Gasteiger partial charge in [0.05, 0.1) is 0 Å². The van der Waals surface area contributed by atoms with Gasteiger partial charge in [-0.1, -0.05) is 99.8 Å². The third-order valence-electron chi connectivity index (χ3n) is 9.77. The summed E-state index contributed by atoms with van der Waals surface area (Å²) in [7, 11) is 0. The topological polar surface area (TPSA) is 0 Å². The van der Waals surface area contributed by atoms with Crippen molar-refractivity contribution >= 4 is 99.3 Å². The van der Waals surface area contributed by atoms with Crippen molar-refractivity contribution in [3.8, 4) is 0 Å². The molecule has 0 aliphatic carbocycles. The minimum Gasteiger partial charge on any atom is -0.0905 e. The monoisotopic (exact) mass is 508 g/mol. The molecule has 0 aliphatic rings. The lowest BCUT2D eigenvalue weighted by atomic mass is 9.79. The summed E-state index contributed by atoms with van der Waals surface area (Å²) in [6.07, 6.45) is 1.98. The van der Waals surface area contributed by atoms with Crippen LogP contribution in [0.1, 0.15) is 25.0 Å². The van der Waals surface area contributed by atoms with Gasteiger partial charge in [-0.3, -0.25) is 0 Å². The molecule has 0 spiro atoms. The first kappa shape index (κ1) is 22.2. The molecule has 0 fully saturated rings. The molecule has 9 rings (SSSR count). The zero-order valence-electron chi connectivity index (χ0n) is 22.9. The molecule has 0 nitrogen and oxygen atoms in total. The Balaban J connectivity index is 1.69. The Bertz CT molecular complexity index is 2450. The highest BCUT2D eigenvalue weighted by molar-refractivity contribution is 6.43. The first-order valence-corrected chi connectivity index (χ1v) is 14.5. The van der Waals surface area contributed by atoms with Gasteiger partial charge in [-0.15, -0.1) is 0 Å². The van der Waals surface area contributed by atoms with Crippen LogP contribution in [0, 0.1) is 0 Å². The van der Waals surface area contributed by atoms with E-state index in [1.807, 2.05) is 0 Å². The lowest BCUT2D eigenvalue weighted by Crippen LogP contribution is -2.06. The van der Waals surface area contributed by atoms with Crippen LogP contribution in [0.3, 0.4) is 0 Å². The van der Waals surface area contributed by atoms with Crippen LogP contribution in [0.25, 0.3) is 99.3 Å². The van der Waals surface area contributed by atoms with Gasteiger partial charge in [0.2, 0.25) is 0 Å². The molecule has 0 aromatic heterocycles. The van der Waals surface area contributed by atoms with Gasteiger partial charge in [-0.25, -0.2) is 0 Å². The molecule has 0 N–H and O–H groups in total. The summed E-state index contributed by atoms with van der Waals surface area (Å²) in [6.45, 7) is 13.8. The molecule has 0 amide bonds. The maximum atomic E-state index is 4.60. The van der Waals surface area contributed by atoms with Gasteiger partial charge >= 0.3 is 0 Å². The SMILES string of the molecule is C=c1c2ccccc2c2cc(CC)c3c4c(CC)cc5c6ccccc6c(=C)c6ccc(c7ccc1c2c73)c4c65. The fourth-order valence-electron chi connectivity index (χ4n) is 8.00. The fraction of sp³-hybridized carbons (Fsp3) is 0.100. The zero-order valence-corrected chi connectivity index (χ0v) is 22.9. The summed E-state index contributed by atoms with van der Waals surface area (Å²) < 4.78 is 0. The first-order valence-electron chi connectivity index (χ1n) is 14.5. The van der Waals surface area contributed by atoms with Crippen molar-refractivity contribution in [3.63, 3.8) is 0 Å². The molecular formula is C40H28. The van der Waals surface area contributed by atoms with Crippen molar-refractivity contribution in [1.29, 1.82) is 0 Å². The first-order chi connectivity index (χ1) is 19.6. The second-order valence-electron chi connectivity index (χ2n) is 11.5. The van der Waals surface area contributed by atoms with E-state index in [-0.39, 0.29) is 0 Å². The van der Waals surface area contributed by atoms with E-state index < -0.39 is 0 Å². The van der Waals surface area contributed by atoms with Crippen LogP contribution in [0.2, 0.25) is 0 Å². The van der Waals surface area contributed by atoms with Gasteiger partial charge in [0.15, 0.2) is 0 Å². The van der Waals surface area contributed by atoms with E-state index >= 15 is 0 Å². The predicted octanol–water partition coefficient (Wildman–Crippen LogP) is 9.73. The highest BCUT2D eigenvalue weighted by atomic mass is 14.3. The van der Waals surface area contributed by atoms with Crippen molar-refractivity contribution in [2.45, 2.75) is 26.7 Å². The average Bonchev–Trinajstić information content (AvgIpc) is 3.01. The highest BCUT2D eigenvalue weighted by Crippen LogP contribution is 2.49. The number of fused-ring (bicyclic) bond motifs is 6. The number of rotatable bonds is 2. The van der Waals surface area contributed by atoms with Crippen LogP contribution in [-0.2, 0) is 12.8 Å². The van der Waals surface area contributed by atoms with E-state index in [9.17, 15) is 0 Å². The van der Waals surface area contributed by atoms with Gasteiger partial charge in [0.25, 0.3) is 0 Å². The van der Waals surface area contributed by atoms with Crippen molar-refractivity contribution in [2.24, 2.45) is 0 Å². The Morgan fingerprint density at radius 1 is 0.375 bits per heavy atom. The van der Waals surface area contributed by atoms with Gasteiger partial charge in [-0.05, 0) is 133 Å². The number of benzene rings is 9. The van der Waals surface area contributed by atoms with Gasteiger partial charge in [0.1, 0.15) is 0 Å². The Labute approximate surface area is 232 Å². The number of aryl methyl sites for hydroxylation is 2. The summed E-state index contributed by atoms with van der Waals surface area (Å²) in [5.74, 6) is 0. The van der Waals surface area contributed by atoms with Crippen LogP contribution in [0.4, 0.5) is 0 Å². The quantitative estimate of drug-likeness (QED) is 0.161. The molecule has 0 saturated carbocycles. The molecule has 0 saturated heterocycles. The van der Waals surface area contributed by atoms with Crippen LogP contribution < -0.4 is 10.4 Å². The van der Waals surface area contributed by atoms with Crippen LogP contribution in [-0.4, -0.2) is 0 Å². The van der Waals surface area contributed by atoms with Gasteiger partial charge in [0, 0.05) is 0 Å². The largest absolute Gasteiger partial charge is 0.0905 e. The lowest BCUT2D eigenvalue weighted by molar-refractivity contribution is 1.16. The van der Waals surface area contributed by atoms with Gasteiger partial charge in [-0.2, -0.15) is 0 Å². The number of hydrogen-bond donors (Lipinski definition) is 0. The van der Waals surface area contributed by atoms with E-state index in [1.165, 1.54) is 97.3 Å². The molecule has 0 unspecified atom stereocenters. The van der Waals surface area contributed by atoms with Gasteiger partial charge < -0.3 is 0 Å². The summed E-state index contributed by atoms with van der Waals surface area (Å²) in [6, 6.07) is 32.0. The van der Waals surface area contributed by atoms with Crippen molar-refractivity contribution in [2.75, 3.05) is 0 Å². The summed E-state index contributed by atoms with van der Waals surface area (Å²) in [5.41, 5.74) is 2.86. The Hall–Kier alpha value is -4.68. The summed E-state index contributed by atoms with van der Waals surface area (Å²) in [4.78, 5) is 0. The van der Waals surface area contributed by atoms with Crippen LogP contribution in [0.15, 0.2) is 84.9 Å². The molecule has 0 atom stereocenters. The van der Waals surface area contributed by atoms with Crippen LogP contribution >= 0.6 is 0 Å². The second-order valence-corrected chi connectivity index (χ2v) is 11.5. The van der Waals surface area contributed by atoms with Crippen LogP contribution in [0.5, 0.6) is 0 Å². The second kappa shape index (κ2) is 7.49.